The zero-order valence-electron chi connectivity index (χ0n) is 15.8. The molecule has 150 valence electrons. The first kappa shape index (κ1) is 20.6. The number of hydrogen-bond acceptors (Lipinski definition) is 4. The predicted molar refractivity (Wildman–Crippen MR) is 108 cm³/mol. The lowest BCUT2D eigenvalue weighted by atomic mass is 10.1. The fourth-order valence-corrected chi connectivity index (χ4v) is 4.81. The lowest BCUT2D eigenvalue weighted by molar-refractivity contribution is -0.127. The number of benzene rings is 2. The first-order chi connectivity index (χ1) is 13.3. The van der Waals surface area contributed by atoms with Crippen molar-refractivity contribution in [2.75, 3.05) is 13.1 Å². The number of rotatable bonds is 7. The van der Waals surface area contributed by atoms with Crippen LogP contribution in [0, 0.1) is 0 Å². The maximum Gasteiger partial charge on any atom is 0.261 e. The Morgan fingerprint density at radius 1 is 1.18 bits per heavy atom. The van der Waals surface area contributed by atoms with Gasteiger partial charge in [0.2, 0.25) is 10.0 Å². The Morgan fingerprint density at radius 3 is 2.50 bits per heavy atom. The monoisotopic (exact) mass is 422 g/mol. The molecule has 2 aromatic carbocycles. The highest BCUT2D eigenvalue weighted by atomic mass is 35.5. The van der Waals surface area contributed by atoms with Crippen molar-refractivity contribution in [3.63, 3.8) is 0 Å². The summed E-state index contributed by atoms with van der Waals surface area (Å²) in [5.41, 5.74) is 1.73. The molecule has 0 saturated heterocycles. The molecule has 8 heteroatoms. The molecular weight excluding hydrogens is 400 g/mol. The van der Waals surface area contributed by atoms with E-state index < -0.39 is 16.1 Å². The van der Waals surface area contributed by atoms with E-state index in [-0.39, 0.29) is 10.8 Å². The fraction of sp³-hybridized carbons (Fsp3) is 0.350. The van der Waals surface area contributed by atoms with Crippen LogP contribution in [0.5, 0.6) is 5.75 Å². The number of halogens is 1. The lowest BCUT2D eigenvalue weighted by Gasteiger charge is -2.18. The van der Waals surface area contributed by atoms with Crippen LogP contribution in [-0.4, -0.2) is 37.8 Å². The summed E-state index contributed by atoms with van der Waals surface area (Å²) in [4.78, 5) is 12.6. The second-order valence-corrected chi connectivity index (χ2v) is 8.89. The van der Waals surface area contributed by atoms with E-state index in [1.807, 2.05) is 13.8 Å². The molecule has 1 aliphatic rings. The molecule has 1 heterocycles. The molecule has 0 aromatic heterocycles. The van der Waals surface area contributed by atoms with Gasteiger partial charge in [0.1, 0.15) is 5.75 Å². The molecule has 1 unspecified atom stereocenters. The predicted octanol–water partition coefficient (Wildman–Crippen LogP) is 2.99. The minimum atomic E-state index is -3.48. The standard InChI is InChI=1S/C20H23ClN2O4S/c1-3-23(4-2)28(25,26)17-8-5-14(6-9-17)13-22-20(24)19-12-15-11-16(21)7-10-18(15)27-19/h5-11,19H,3-4,12-13H2,1-2H3,(H,22,24). The summed E-state index contributed by atoms with van der Waals surface area (Å²) in [5.74, 6) is 0.461. The number of hydrogen-bond donors (Lipinski definition) is 1. The number of nitrogens with one attached hydrogen (secondary N) is 1. The Balaban J connectivity index is 1.59. The third kappa shape index (κ3) is 4.32. The minimum absolute atomic E-state index is 0.216. The van der Waals surface area contributed by atoms with Crippen molar-refractivity contribution in [2.24, 2.45) is 0 Å². The topological polar surface area (TPSA) is 75.7 Å². The lowest BCUT2D eigenvalue weighted by Crippen LogP contribution is -2.37. The van der Waals surface area contributed by atoms with Crippen LogP contribution in [0.3, 0.4) is 0 Å². The van der Waals surface area contributed by atoms with E-state index in [0.29, 0.717) is 36.8 Å². The van der Waals surface area contributed by atoms with Gasteiger partial charge in [-0.15, -0.1) is 0 Å². The summed E-state index contributed by atoms with van der Waals surface area (Å²) in [7, 11) is -3.48. The van der Waals surface area contributed by atoms with Crippen LogP contribution in [0.2, 0.25) is 5.02 Å². The average molecular weight is 423 g/mol. The van der Waals surface area contributed by atoms with Gasteiger partial charge in [0.25, 0.3) is 5.91 Å². The van der Waals surface area contributed by atoms with E-state index in [1.165, 1.54) is 4.31 Å². The Morgan fingerprint density at radius 2 is 1.86 bits per heavy atom. The largest absolute Gasteiger partial charge is 0.480 e. The van der Waals surface area contributed by atoms with Crippen LogP contribution in [0.4, 0.5) is 0 Å². The Bertz CT molecular complexity index is 957. The average Bonchev–Trinajstić information content (AvgIpc) is 3.10. The van der Waals surface area contributed by atoms with E-state index in [1.54, 1.807) is 42.5 Å². The number of sulfonamides is 1. The second-order valence-electron chi connectivity index (χ2n) is 6.51. The highest BCUT2D eigenvalue weighted by Gasteiger charge is 2.29. The van der Waals surface area contributed by atoms with Gasteiger partial charge < -0.3 is 10.1 Å². The van der Waals surface area contributed by atoms with Crippen molar-refractivity contribution >= 4 is 27.5 Å². The van der Waals surface area contributed by atoms with Gasteiger partial charge in [0.05, 0.1) is 4.90 Å². The molecule has 0 spiro atoms. The van der Waals surface area contributed by atoms with E-state index in [9.17, 15) is 13.2 Å². The van der Waals surface area contributed by atoms with Crippen molar-refractivity contribution < 1.29 is 17.9 Å². The summed E-state index contributed by atoms with van der Waals surface area (Å²) in [6.07, 6.45) is -0.112. The Hall–Kier alpha value is -2.09. The van der Waals surface area contributed by atoms with Gasteiger partial charge in [0, 0.05) is 31.1 Å². The Labute approximate surface area is 170 Å². The molecule has 1 atom stereocenters. The molecule has 0 saturated carbocycles. The third-order valence-electron chi connectivity index (χ3n) is 4.72. The van der Waals surface area contributed by atoms with E-state index >= 15 is 0 Å². The summed E-state index contributed by atoms with van der Waals surface area (Å²) >= 11 is 5.97. The van der Waals surface area contributed by atoms with Gasteiger partial charge in [0.15, 0.2) is 6.10 Å². The SMILES string of the molecule is CCN(CC)S(=O)(=O)c1ccc(CNC(=O)C2Cc3cc(Cl)ccc3O2)cc1. The van der Waals surface area contributed by atoms with Crippen molar-refractivity contribution in [1.82, 2.24) is 9.62 Å². The normalized spacial score (nSPS) is 15.9. The summed E-state index contributed by atoms with van der Waals surface area (Å²) < 4.78 is 32.1. The molecule has 0 aliphatic carbocycles. The number of carbonyl (C=O) groups excluding carboxylic acids is 1. The van der Waals surface area contributed by atoms with Gasteiger partial charge >= 0.3 is 0 Å². The molecular formula is C20H23ClN2O4S. The highest BCUT2D eigenvalue weighted by Crippen LogP contribution is 2.31. The number of nitrogens with zero attached hydrogens (tertiary/aromatic N) is 1. The van der Waals surface area contributed by atoms with Crippen molar-refractivity contribution in [3.8, 4) is 5.75 Å². The summed E-state index contributed by atoms with van der Waals surface area (Å²) in [5, 5.41) is 3.45. The number of ether oxygens (including phenoxy) is 1. The van der Waals surface area contributed by atoms with Gasteiger partial charge in [-0.2, -0.15) is 4.31 Å². The molecule has 3 rings (SSSR count). The van der Waals surface area contributed by atoms with Crippen molar-refractivity contribution in [1.29, 1.82) is 0 Å². The number of carbonyl (C=O) groups is 1. The first-order valence-electron chi connectivity index (χ1n) is 9.17. The van der Waals surface area contributed by atoms with Crippen LogP contribution < -0.4 is 10.1 Å². The smallest absolute Gasteiger partial charge is 0.261 e. The molecule has 6 nitrogen and oxygen atoms in total. The first-order valence-corrected chi connectivity index (χ1v) is 11.0. The maximum atomic E-state index is 12.5. The molecule has 0 radical (unpaired) electrons. The molecule has 28 heavy (non-hydrogen) atoms. The minimum Gasteiger partial charge on any atom is -0.480 e. The van der Waals surface area contributed by atoms with Gasteiger partial charge in [-0.1, -0.05) is 37.6 Å². The van der Waals surface area contributed by atoms with Crippen LogP contribution >= 0.6 is 11.6 Å². The number of fused-ring (bicyclic) bond motifs is 1. The molecule has 1 N–H and O–H groups in total. The fourth-order valence-electron chi connectivity index (χ4n) is 3.16. The zero-order valence-corrected chi connectivity index (χ0v) is 17.4. The van der Waals surface area contributed by atoms with Crippen LogP contribution in [-0.2, 0) is 27.8 Å². The van der Waals surface area contributed by atoms with Crippen molar-refractivity contribution in [2.45, 2.75) is 37.8 Å². The third-order valence-corrected chi connectivity index (χ3v) is 7.02. The van der Waals surface area contributed by atoms with Gasteiger partial charge in [-0.05, 0) is 41.5 Å². The van der Waals surface area contributed by atoms with E-state index in [0.717, 1.165) is 11.1 Å². The van der Waals surface area contributed by atoms with E-state index in [4.69, 9.17) is 16.3 Å². The van der Waals surface area contributed by atoms with Gasteiger partial charge in [-0.3, -0.25) is 4.79 Å². The maximum absolute atomic E-state index is 12.5. The molecule has 1 aliphatic heterocycles. The molecule has 0 bridgehead atoms. The zero-order chi connectivity index (χ0) is 20.3. The Kier molecular flexibility index (Phi) is 6.27. The molecule has 1 amide bonds. The van der Waals surface area contributed by atoms with Crippen LogP contribution in [0.15, 0.2) is 47.4 Å². The summed E-state index contributed by atoms with van der Waals surface area (Å²) in [6.45, 7) is 4.75. The number of amides is 1. The quantitative estimate of drug-likeness (QED) is 0.744. The van der Waals surface area contributed by atoms with E-state index in [2.05, 4.69) is 5.32 Å². The van der Waals surface area contributed by atoms with Crippen molar-refractivity contribution in [3.05, 3.63) is 58.6 Å². The highest BCUT2D eigenvalue weighted by molar-refractivity contribution is 7.89. The van der Waals surface area contributed by atoms with Crippen LogP contribution in [0.1, 0.15) is 25.0 Å². The molecule has 2 aromatic rings. The van der Waals surface area contributed by atoms with Gasteiger partial charge in [-0.25, -0.2) is 8.42 Å². The second kappa shape index (κ2) is 8.51. The summed E-state index contributed by atoms with van der Waals surface area (Å²) in [6, 6.07) is 11.9. The molecule has 0 fully saturated rings. The van der Waals surface area contributed by atoms with Crippen LogP contribution in [0.25, 0.3) is 0 Å².